The van der Waals surface area contributed by atoms with Crippen LogP contribution in [0.5, 0.6) is 0 Å². The highest BCUT2D eigenvalue weighted by atomic mass is 28.4. The summed E-state index contributed by atoms with van der Waals surface area (Å²) in [7, 11) is -12.2. The van der Waals surface area contributed by atoms with Crippen LogP contribution in [0.2, 0.25) is 157 Å². The Kier molecular flexibility index (Phi) is 16.3. The van der Waals surface area contributed by atoms with Crippen LogP contribution in [-0.2, 0) is 0 Å². The lowest BCUT2D eigenvalue weighted by Gasteiger charge is -2.45. The third-order valence-electron chi connectivity index (χ3n) is 13.5. The number of hydrogen-bond acceptors (Lipinski definition) is 0. The van der Waals surface area contributed by atoms with Gasteiger partial charge in [-0.05, 0) is 30.2 Å². The molecule has 3 aromatic carbocycles. The molecule has 1 aliphatic rings. The van der Waals surface area contributed by atoms with E-state index in [0.29, 0.717) is 9.56 Å². The van der Waals surface area contributed by atoms with Gasteiger partial charge in [0.2, 0.25) is 0 Å². The van der Waals surface area contributed by atoms with Crippen LogP contribution in [0.3, 0.4) is 0 Å². The molecule has 4 rings (SSSR count). The average Bonchev–Trinajstić information content (AvgIpc) is 2.99. The molecule has 0 bridgehead atoms. The van der Waals surface area contributed by atoms with E-state index < -0.39 is 64.6 Å². The van der Waals surface area contributed by atoms with Gasteiger partial charge in [-0.1, -0.05) is 263 Å². The second-order valence-corrected chi connectivity index (χ2v) is 75.8. The molecule has 0 aliphatic heterocycles. The first-order valence-electron chi connectivity index (χ1n) is 23.6. The summed E-state index contributed by atoms with van der Waals surface area (Å²) in [6.45, 7) is 64.2. The summed E-state index contributed by atoms with van der Waals surface area (Å²) in [6, 6.07) is 25.5. The fourth-order valence-electron chi connectivity index (χ4n) is 13.7. The van der Waals surface area contributed by atoms with E-state index >= 15 is 0 Å². The summed E-state index contributed by atoms with van der Waals surface area (Å²) < 4.78 is 4.66. The van der Waals surface area contributed by atoms with E-state index in [9.17, 15) is 0 Å². The second-order valence-electron chi connectivity index (χ2n) is 27.8. The van der Waals surface area contributed by atoms with Crippen molar-refractivity contribution in [2.75, 3.05) is 0 Å². The van der Waals surface area contributed by atoms with E-state index in [1.54, 1.807) is 33.4 Å². The lowest BCUT2D eigenvalue weighted by Crippen LogP contribution is -2.53. The van der Waals surface area contributed by atoms with Gasteiger partial charge in [0.25, 0.3) is 30.4 Å². The van der Waals surface area contributed by atoms with Crippen molar-refractivity contribution in [3.05, 3.63) is 106 Å². The standard InChI is InChI=1S/2C20H41Si4.C10H8.2Al/c2*1-21(2,3)19(22(4,5)6)17-14-13-15-18(16-17)20(23(7,8)9)24(10,11)12;1-2-6-10-8-4-3-7-9(10)5-1;;/h2*13-15,19-20H,1-12H3;1-8H;;. The molecule has 2 unspecified atom stereocenters. The molecule has 2 atom stereocenters. The van der Waals surface area contributed by atoms with Crippen LogP contribution in [0.25, 0.3) is 0 Å². The van der Waals surface area contributed by atoms with Gasteiger partial charge in [-0.15, -0.1) is 8.85 Å². The van der Waals surface area contributed by atoms with Gasteiger partial charge in [0.05, 0.1) is 0 Å². The number of allylic oxidation sites excluding steroid dienone is 2. The van der Waals surface area contributed by atoms with E-state index in [4.69, 9.17) is 0 Å². The minimum Gasteiger partial charge on any atom is -0.117 e. The average molecular weight is 970 g/mol. The van der Waals surface area contributed by atoms with E-state index in [0.717, 1.165) is 20.7 Å². The van der Waals surface area contributed by atoms with Gasteiger partial charge < -0.3 is 0 Å². The summed E-state index contributed by atoms with van der Waals surface area (Å²) in [5, 5.41) is 3.01. The van der Waals surface area contributed by atoms with E-state index in [2.05, 4.69) is 230 Å². The molecule has 328 valence electrons. The highest BCUT2D eigenvalue weighted by Gasteiger charge is 2.46. The Morgan fingerprint density at radius 2 is 0.500 bits per heavy atom. The van der Waals surface area contributed by atoms with Crippen LogP contribution in [-0.4, -0.2) is 95.0 Å². The van der Waals surface area contributed by atoms with Gasteiger partial charge in [0.15, 0.2) is 0 Å². The van der Waals surface area contributed by atoms with Gasteiger partial charge in [-0.3, -0.25) is 0 Å². The zero-order chi connectivity index (χ0) is 46.0. The van der Waals surface area contributed by atoms with Gasteiger partial charge in [-0.25, -0.2) is 0 Å². The molecule has 0 fully saturated rings. The lowest BCUT2D eigenvalue weighted by atomic mass is 9.96. The van der Waals surface area contributed by atoms with E-state index in [1.165, 1.54) is 0 Å². The highest BCUT2D eigenvalue weighted by Crippen LogP contribution is 2.43. The van der Waals surface area contributed by atoms with Crippen molar-refractivity contribution in [1.29, 1.82) is 0 Å². The normalized spacial score (nSPS) is 17.5. The molecular formula is C50H90Al2Si8. The maximum absolute atomic E-state index is 2.78. The maximum Gasteiger partial charge on any atom is 0.269 e. The molecule has 0 spiro atoms. The van der Waals surface area contributed by atoms with E-state index in [-0.39, 0.29) is 30.4 Å². The Labute approximate surface area is 393 Å². The van der Waals surface area contributed by atoms with Crippen molar-refractivity contribution in [1.82, 2.24) is 0 Å². The third kappa shape index (κ3) is 12.3. The van der Waals surface area contributed by atoms with Crippen molar-refractivity contribution in [3.8, 4) is 0 Å². The van der Waals surface area contributed by atoms with Crippen LogP contribution >= 0.6 is 0 Å². The minimum atomic E-state index is -1.52. The molecule has 0 amide bonds. The first kappa shape index (κ1) is 52.8. The monoisotopic (exact) mass is 968 g/mol. The lowest BCUT2D eigenvalue weighted by molar-refractivity contribution is 1.02. The third-order valence-corrected chi connectivity index (χ3v) is 54.5. The van der Waals surface area contributed by atoms with Crippen molar-refractivity contribution in [2.24, 2.45) is 0 Å². The predicted octanol–water partition coefficient (Wildman–Crippen LogP) is 14.8. The highest BCUT2D eigenvalue weighted by molar-refractivity contribution is 6.99. The Bertz CT molecular complexity index is 1680. The number of rotatable bonds is 16. The Morgan fingerprint density at radius 3 is 0.683 bits per heavy atom. The SMILES string of the molecule is C[Si](C)(C)C(c1cccc(C([Si](C)(C)C)[Si](C)(C)C)[c]1[Al][CH]1C=C[CH]([Al][c]2c(C([Si](C)(C)C)[Si](C)(C)C)cccc2C([Si](C)(C)C)[Si](C)(C)C)c2ccccc21)[Si](C)(C)C. The molecule has 2 radical (unpaired) electrons. The molecule has 0 aromatic heterocycles. The number of fused-ring (bicyclic) bond motifs is 1. The summed E-state index contributed by atoms with van der Waals surface area (Å²) in [5.41, 5.74) is 10.4. The van der Waals surface area contributed by atoms with Crippen LogP contribution in [0.1, 0.15) is 63.6 Å². The smallest absolute Gasteiger partial charge is 0.117 e. The zero-order valence-electron chi connectivity index (χ0n) is 43.5. The predicted molar refractivity (Wildman–Crippen MR) is 302 cm³/mol. The molecule has 0 N–H and O–H groups in total. The Balaban J connectivity index is 2.01. The van der Waals surface area contributed by atoms with Gasteiger partial charge in [0, 0.05) is 64.6 Å². The van der Waals surface area contributed by atoms with Crippen molar-refractivity contribution in [3.63, 3.8) is 0 Å². The van der Waals surface area contributed by atoms with Crippen molar-refractivity contribution in [2.45, 2.75) is 187 Å². The van der Waals surface area contributed by atoms with Gasteiger partial charge in [0.1, 0.15) is 0 Å². The van der Waals surface area contributed by atoms with Crippen molar-refractivity contribution >= 4 is 104 Å². The summed E-state index contributed by atoms with van der Waals surface area (Å²) in [5.74, 6) is 0. The molecule has 60 heavy (non-hydrogen) atoms. The summed E-state index contributed by atoms with van der Waals surface area (Å²) >= 11 is 0.0514. The fourth-order valence-corrected chi connectivity index (χ4v) is 70.1. The van der Waals surface area contributed by atoms with Crippen LogP contribution in [0.15, 0.2) is 72.8 Å². The Morgan fingerprint density at radius 1 is 0.300 bits per heavy atom. The van der Waals surface area contributed by atoms with Crippen LogP contribution in [0.4, 0.5) is 0 Å². The molecule has 3 aromatic rings. The molecule has 0 nitrogen and oxygen atoms in total. The number of benzene rings is 3. The fraction of sp³-hybridized carbons (Fsp3) is 0.600. The van der Waals surface area contributed by atoms with Crippen LogP contribution < -0.4 is 8.85 Å². The first-order chi connectivity index (χ1) is 26.9. The largest absolute Gasteiger partial charge is 0.269 e. The maximum atomic E-state index is 2.78. The quantitative estimate of drug-likeness (QED) is 0.0991. The molecular weight excluding hydrogens is 879 g/mol. The molecule has 0 saturated heterocycles. The molecule has 0 saturated carbocycles. The zero-order valence-corrected chi connectivity index (χ0v) is 53.9. The van der Waals surface area contributed by atoms with Gasteiger partial charge >= 0.3 is 0 Å². The molecule has 10 heteroatoms. The van der Waals surface area contributed by atoms with E-state index in [1.807, 2.05) is 8.85 Å². The van der Waals surface area contributed by atoms with Crippen LogP contribution in [0, 0.1) is 0 Å². The first-order valence-corrected chi connectivity index (χ1v) is 54.7. The molecule has 0 heterocycles. The second kappa shape index (κ2) is 18.5. The Hall–Kier alpha value is 0.200. The summed E-state index contributed by atoms with van der Waals surface area (Å²) in [4.78, 5) is 0. The molecule has 1 aliphatic carbocycles. The number of hydrogen-bond donors (Lipinski definition) is 0. The topological polar surface area (TPSA) is 0 Å². The minimum absolute atomic E-state index is 0.0257. The summed E-state index contributed by atoms with van der Waals surface area (Å²) in [6.07, 6.45) is 5.55. The van der Waals surface area contributed by atoms with Crippen molar-refractivity contribution < 1.29 is 0 Å². The van der Waals surface area contributed by atoms with Gasteiger partial charge in [-0.2, -0.15) is 0 Å².